The number of benzene rings is 1. The highest BCUT2D eigenvalue weighted by Crippen LogP contribution is 2.53. The minimum absolute atomic E-state index is 0.0401. The monoisotopic (exact) mass is 338 g/mol. The second kappa shape index (κ2) is 6.21. The van der Waals surface area contributed by atoms with Crippen LogP contribution < -0.4 is 5.32 Å². The second-order valence-corrected chi connectivity index (χ2v) is 7.46. The molecule has 2 amide bonds. The highest BCUT2D eigenvalue weighted by Gasteiger charge is 2.57. The molecular weight excluding hydrogens is 312 g/mol. The molecule has 1 aliphatic heterocycles. The van der Waals surface area contributed by atoms with Gasteiger partial charge in [-0.25, -0.2) is 4.79 Å². The van der Waals surface area contributed by atoms with Gasteiger partial charge in [0.05, 0.1) is 17.8 Å². The van der Waals surface area contributed by atoms with Crippen LogP contribution in [0.4, 0.5) is 4.79 Å². The molecule has 5 nitrogen and oxygen atoms in total. The summed E-state index contributed by atoms with van der Waals surface area (Å²) in [5.41, 5.74) is 2.21. The highest BCUT2D eigenvalue weighted by molar-refractivity contribution is 5.77. The number of hydrogen-bond donors (Lipinski definition) is 1. The molecule has 5 heteroatoms. The fourth-order valence-electron chi connectivity index (χ4n) is 4.63. The molecule has 1 saturated heterocycles. The van der Waals surface area contributed by atoms with E-state index in [1.54, 1.807) is 4.68 Å². The Labute approximate surface area is 149 Å². The van der Waals surface area contributed by atoms with Gasteiger partial charge in [-0.1, -0.05) is 43.2 Å². The third-order valence-corrected chi connectivity index (χ3v) is 6.00. The molecule has 2 heterocycles. The zero-order valence-electron chi connectivity index (χ0n) is 15.0. The maximum Gasteiger partial charge on any atom is 0.318 e. The van der Waals surface area contributed by atoms with Gasteiger partial charge in [-0.2, -0.15) is 5.10 Å². The number of aryl methyl sites for hydroxylation is 1. The van der Waals surface area contributed by atoms with Crippen LogP contribution in [0.2, 0.25) is 0 Å². The van der Waals surface area contributed by atoms with E-state index in [0.717, 1.165) is 18.5 Å². The van der Waals surface area contributed by atoms with E-state index in [-0.39, 0.29) is 17.6 Å². The average molecular weight is 338 g/mol. The Hall–Kier alpha value is -2.30. The van der Waals surface area contributed by atoms with Crippen molar-refractivity contribution in [1.29, 1.82) is 0 Å². The van der Waals surface area contributed by atoms with Crippen LogP contribution >= 0.6 is 0 Å². The van der Waals surface area contributed by atoms with Crippen LogP contribution in [-0.4, -0.2) is 27.3 Å². The molecule has 1 aromatic heterocycles. The third kappa shape index (κ3) is 2.62. The third-order valence-electron chi connectivity index (χ3n) is 6.00. The molecule has 0 bridgehead atoms. The lowest BCUT2D eigenvalue weighted by Crippen LogP contribution is -2.69. The lowest BCUT2D eigenvalue weighted by atomic mass is 9.62. The smallest absolute Gasteiger partial charge is 0.318 e. The van der Waals surface area contributed by atoms with Crippen molar-refractivity contribution >= 4 is 6.03 Å². The van der Waals surface area contributed by atoms with Crippen LogP contribution in [0.25, 0.3) is 0 Å². The molecule has 0 radical (unpaired) electrons. The van der Waals surface area contributed by atoms with Gasteiger partial charge in [-0.05, 0) is 25.3 Å². The van der Waals surface area contributed by atoms with Gasteiger partial charge in [0, 0.05) is 31.3 Å². The molecule has 3 atom stereocenters. The Balaban J connectivity index is 1.56. The first-order chi connectivity index (χ1) is 12.1. The lowest BCUT2D eigenvalue weighted by Gasteiger charge is -2.61. The van der Waals surface area contributed by atoms with Gasteiger partial charge in [-0.15, -0.1) is 0 Å². The zero-order valence-corrected chi connectivity index (χ0v) is 15.0. The number of nitrogens with zero attached hydrogens (tertiary/aromatic N) is 3. The van der Waals surface area contributed by atoms with E-state index in [2.05, 4.69) is 39.6 Å². The molecule has 132 valence electrons. The van der Waals surface area contributed by atoms with E-state index in [9.17, 15) is 4.79 Å². The Kier molecular flexibility index (Phi) is 4.02. The largest absolute Gasteiger partial charge is 0.331 e. The Morgan fingerprint density at radius 2 is 2.12 bits per heavy atom. The summed E-state index contributed by atoms with van der Waals surface area (Å²) in [4.78, 5) is 15.1. The summed E-state index contributed by atoms with van der Waals surface area (Å²) in [6, 6.07) is 10.6. The molecule has 1 aromatic carbocycles. The molecule has 0 spiro atoms. The highest BCUT2D eigenvalue weighted by atomic mass is 16.2. The van der Waals surface area contributed by atoms with Crippen molar-refractivity contribution in [3.8, 4) is 0 Å². The van der Waals surface area contributed by atoms with Crippen LogP contribution in [-0.2, 0) is 12.6 Å². The maximum absolute atomic E-state index is 13.0. The van der Waals surface area contributed by atoms with Gasteiger partial charge in [0.1, 0.15) is 0 Å². The summed E-state index contributed by atoms with van der Waals surface area (Å²) >= 11 is 0. The first-order valence-electron chi connectivity index (χ1n) is 9.23. The van der Waals surface area contributed by atoms with Crippen molar-refractivity contribution in [2.24, 2.45) is 13.0 Å². The fourth-order valence-corrected chi connectivity index (χ4v) is 4.63. The summed E-state index contributed by atoms with van der Waals surface area (Å²) in [6.07, 6.45) is 8.52. The van der Waals surface area contributed by atoms with Crippen molar-refractivity contribution in [3.63, 3.8) is 0 Å². The van der Waals surface area contributed by atoms with Gasteiger partial charge < -0.3 is 10.2 Å². The van der Waals surface area contributed by atoms with E-state index < -0.39 is 0 Å². The summed E-state index contributed by atoms with van der Waals surface area (Å²) in [5.74, 6) is 0.586. The zero-order chi connectivity index (χ0) is 17.4. The van der Waals surface area contributed by atoms with Gasteiger partial charge in [0.15, 0.2) is 0 Å². The molecule has 2 aliphatic rings. The lowest BCUT2D eigenvalue weighted by molar-refractivity contribution is -0.0798. The van der Waals surface area contributed by atoms with Crippen LogP contribution in [0.5, 0.6) is 0 Å². The molecule has 1 N–H and O–H groups in total. The average Bonchev–Trinajstić information content (AvgIpc) is 3.03. The normalized spacial score (nSPS) is 26.5. The van der Waals surface area contributed by atoms with Gasteiger partial charge in [0.25, 0.3) is 0 Å². The first kappa shape index (κ1) is 16.2. The number of nitrogens with one attached hydrogen (secondary N) is 1. The molecule has 2 aromatic rings. The number of fused-ring (bicyclic) bond motifs is 1. The summed E-state index contributed by atoms with van der Waals surface area (Å²) in [5, 5.41) is 7.38. The van der Waals surface area contributed by atoms with Crippen molar-refractivity contribution < 1.29 is 4.79 Å². The van der Waals surface area contributed by atoms with Crippen LogP contribution in [0.3, 0.4) is 0 Å². The Morgan fingerprint density at radius 3 is 2.80 bits per heavy atom. The van der Waals surface area contributed by atoms with E-state index in [1.165, 1.54) is 24.8 Å². The molecule has 0 unspecified atom stereocenters. The fraction of sp³-hybridized carbons (Fsp3) is 0.500. The maximum atomic E-state index is 13.0. The quantitative estimate of drug-likeness (QED) is 0.930. The number of carbonyl (C=O) groups excluding carboxylic acids is 1. The van der Waals surface area contributed by atoms with Crippen molar-refractivity contribution in [2.75, 3.05) is 6.54 Å². The Morgan fingerprint density at radius 1 is 1.32 bits per heavy atom. The number of aromatic nitrogens is 2. The van der Waals surface area contributed by atoms with Crippen LogP contribution in [0.1, 0.15) is 49.8 Å². The standard InChI is InChI=1S/C20H26N4O/c1-15(16-12-21-23(2)13-16)22-19(25)24-14-18-10-6-7-11-20(18,24)17-8-4-3-5-9-17/h3-5,8-9,12-13,15,18H,6-7,10-11,14H2,1-2H3,(H,22,25)/t15-,18+,20-/m0/s1. The summed E-state index contributed by atoms with van der Waals surface area (Å²) in [7, 11) is 1.89. The van der Waals surface area contributed by atoms with Gasteiger partial charge >= 0.3 is 6.03 Å². The number of rotatable bonds is 3. The molecule has 1 aliphatic carbocycles. The number of hydrogen-bond acceptors (Lipinski definition) is 2. The van der Waals surface area contributed by atoms with Crippen molar-refractivity contribution in [3.05, 3.63) is 53.9 Å². The topological polar surface area (TPSA) is 50.2 Å². The first-order valence-corrected chi connectivity index (χ1v) is 9.23. The molecule has 1 saturated carbocycles. The number of likely N-dealkylation sites (tertiary alicyclic amines) is 1. The second-order valence-electron chi connectivity index (χ2n) is 7.46. The number of carbonyl (C=O) groups is 1. The number of urea groups is 1. The van der Waals surface area contributed by atoms with E-state index in [4.69, 9.17) is 0 Å². The van der Waals surface area contributed by atoms with E-state index >= 15 is 0 Å². The van der Waals surface area contributed by atoms with Gasteiger partial charge in [0.2, 0.25) is 0 Å². The molecular formula is C20H26N4O. The predicted octanol–water partition coefficient (Wildman–Crippen LogP) is 3.59. The molecule has 2 fully saturated rings. The van der Waals surface area contributed by atoms with E-state index in [1.807, 2.05) is 32.4 Å². The Bertz CT molecular complexity index is 756. The van der Waals surface area contributed by atoms with E-state index in [0.29, 0.717) is 5.92 Å². The summed E-state index contributed by atoms with van der Waals surface area (Å²) in [6.45, 7) is 2.88. The minimum Gasteiger partial charge on any atom is -0.331 e. The van der Waals surface area contributed by atoms with Crippen molar-refractivity contribution in [2.45, 2.75) is 44.2 Å². The predicted molar refractivity (Wildman–Crippen MR) is 96.9 cm³/mol. The summed E-state index contributed by atoms with van der Waals surface area (Å²) < 4.78 is 1.77. The molecule has 4 rings (SSSR count). The van der Waals surface area contributed by atoms with Crippen LogP contribution in [0, 0.1) is 5.92 Å². The molecule has 25 heavy (non-hydrogen) atoms. The van der Waals surface area contributed by atoms with Crippen LogP contribution in [0.15, 0.2) is 42.7 Å². The minimum atomic E-state index is -0.113. The SMILES string of the molecule is C[C@H](NC(=O)N1C[C@H]2CCCC[C@]21c1ccccc1)c1cnn(C)c1. The van der Waals surface area contributed by atoms with Gasteiger partial charge in [-0.3, -0.25) is 4.68 Å². The van der Waals surface area contributed by atoms with Crippen molar-refractivity contribution in [1.82, 2.24) is 20.0 Å². The number of amides is 2.